The van der Waals surface area contributed by atoms with Crippen LogP contribution in [0.5, 0.6) is 0 Å². The lowest BCUT2D eigenvalue weighted by molar-refractivity contribution is -0.122. The maximum atomic E-state index is 11.8. The molecular formula is C15H28N2O2S. The number of carbonyl (C=O) groups excluding carboxylic acids is 1. The summed E-state index contributed by atoms with van der Waals surface area (Å²) in [5, 5.41) is 2.98. The predicted octanol–water partition coefficient (Wildman–Crippen LogP) is 1.92. The SMILES string of the molecule is NC1CCC(OCCNC(=O)CC2CCSCC2)CC1. The number of nitrogens with two attached hydrogens (primary N) is 1. The second-order valence-corrected chi connectivity index (χ2v) is 7.24. The van der Waals surface area contributed by atoms with Crippen LogP contribution in [0.25, 0.3) is 0 Å². The Hall–Kier alpha value is -0.260. The van der Waals surface area contributed by atoms with Crippen LogP contribution in [0.15, 0.2) is 0 Å². The maximum absolute atomic E-state index is 11.8. The predicted molar refractivity (Wildman–Crippen MR) is 83.9 cm³/mol. The maximum Gasteiger partial charge on any atom is 0.220 e. The van der Waals surface area contributed by atoms with E-state index in [4.69, 9.17) is 10.5 Å². The fraction of sp³-hybridized carbons (Fsp3) is 0.933. The van der Waals surface area contributed by atoms with Gasteiger partial charge < -0.3 is 15.8 Å². The van der Waals surface area contributed by atoms with E-state index >= 15 is 0 Å². The molecule has 0 atom stereocenters. The molecule has 116 valence electrons. The molecule has 2 rings (SSSR count). The Kier molecular flexibility index (Phi) is 7.17. The minimum Gasteiger partial charge on any atom is -0.376 e. The van der Waals surface area contributed by atoms with Crippen LogP contribution in [0.1, 0.15) is 44.9 Å². The molecule has 0 radical (unpaired) electrons. The van der Waals surface area contributed by atoms with Crippen LogP contribution in [-0.2, 0) is 9.53 Å². The molecule has 4 nitrogen and oxygen atoms in total. The third-order valence-electron chi connectivity index (χ3n) is 4.31. The van der Waals surface area contributed by atoms with Crippen LogP contribution in [0, 0.1) is 5.92 Å². The Morgan fingerprint density at radius 3 is 2.55 bits per heavy atom. The number of hydrogen-bond donors (Lipinski definition) is 2. The Labute approximate surface area is 126 Å². The highest BCUT2D eigenvalue weighted by molar-refractivity contribution is 7.99. The Balaban J connectivity index is 1.48. The zero-order valence-corrected chi connectivity index (χ0v) is 13.1. The van der Waals surface area contributed by atoms with Gasteiger partial charge in [0.15, 0.2) is 0 Å². The molecule has 2 fully saturated rings. The first-order chi connectivity index (χ1) is 9.74. The van der Waals surface area contributed by atoms with E-state index < -0.39 is 0 Å². The molecule has 0 aromatic heterocycles. The zero-order chi connectivity index (χ0) is 14.2. The summed E-state index contributed by atoms with van der Waals surface area (Å²) >= 11 is 2.00. The average Bonchev–Trinajstić information content (AvgIpc) is 2.46. The molecule has 0 aromatic rings. The van der Waals surface area contributed by atoms with Crippen LogP contribution in [-0.4, -0.2) is 42.7 Å². The molecule has 0 bridgehead atoms. The van der Waals surface area contributed by atoms with Crippen molar-refractivity contribution in [2.45, 2.75) is 57.1 Å². The van der Waals surface area contributed by atoms with Crippen molar-refractivity contribution >= 4 is 17.7 Å². The van der Waals surface area contributed by atoms with E-state index in [1.807, 2.05) is 11.8 Å². The lowest BCUT2D eigenvalue weighted by atomic mass is 9.94. The van der Waals surface area contributed by atoms with Gasteiger partial charge in [-0.15, -0.1) is 0 Å². The fourth-order valence-electron chi connectivity index (χ4n) is 2.96. The monoisotopic (exact) mass is 300 g/mol. The summed E-state index contributed by atoms with van der Waals surface area (Å²) in [4.78, 5) is 11.8. The third-order valence-corrected chi connectivity index (χ3v) is 5.36. The number of rotatable bonds is 6. The van der Waals surface area contributed by atoms with Crippen molar-refractivity contribution in [2.75, 3.05) is 24.7 Å². The topological polar surface area (TPSA) is 64.3 Å². The van der Waals surface area contributed by atoms with Crippen molar-refractivity contribution < 1.29 is 9.53 Å². The molecule has 1 aliphatic carbocycles. The van der Waals surface area contributed by atoms with Gasteiger partial charge in [0, 0.05) is 19.0 Å². The molecule has 2 aliphatic rings. The van der Waals surface area contributed by atoms with Crippen molar-refractivity contribution in [2.24, 2.45) is 11.7 Å². The summed E-state index contributed by atoms with van der Waals surface area (Å²) in [6, 6.07) is 0.364. The van der Waals surface area contributed by atoms with E-state index in [1.54, 1.807) is 0 Å². The normalized spacial score (nSPS) is 28.2. The van der Waals surface area contributed by atoms with Gasteiger partial charge in [0.2, 0.25) is 5.91 Å². The number of nitrogens with one attached hydrogen (secondary N) is 1. The quantitative estimate of drug-likeness (QED) is 0.736. The van der Waals surface area contributed by atoms with Gasteiger partial charge in [-0.25, -0.2) is 0 Å². The minimum absolute atomic E-state index is 0.191. The lowest BCUT2D eigenvalue weighted by Gasteiger charge is -2.26. The van der Waals surface area contributed by atoms with Crippen molar-refractivity contribution in [3.8, 4) is 0 Å². The van der Waals surface area contributed by atoms with Crippen molar-refractivity contribution in [3.63, 3.8) is 0 Å². The van der Waals surface area contributed by atoms with Gasteiger partial charge in [0.1, 0.15) is 0 Å². The Morgan fingerprint density at radius 2 is 1.85 bits per heavy atom. The number of carbonyl (C=O) groups is 1. The van der Waals surface area contributed by atoms with E-state index in [0.717, 1.165) is 25.7 Å². The molecule has 1 heterocycles. The van der Waals surface area contributed by atoms with Gasteiger partial charge >= 0.3 is 0 Å². The van der Waals surface area contributed by atoms with Crippen LogP contribution >= 0.6 is 11.8 Å². The Bertz CT molecular complexity index is 288. The van der Waals surface area contributed by atoms with Gasteiger partial charge in [0.25, 0.3) is 0 Å². The van der Waals surface area contributed by atoms with E-state index in [9.17, 15) is 4.79 Å². The van der Waals surface area contributed by atoms with Crippen LogP contribution in [0.3, 0.4) is 0 Å². The van der Waals surface area contributed by atoms with E-state index in [0.29, 0.717) is 37.6 Å². The van der Waals surface area contributed by atoms with E-state index in [2.05, 4.69) is 5.32 Å². The third kappa shape index (κ3) is 6.02. The molecular weight excluding hydrogens is 272 g/mol. The molecule has 0 spiro atoms. The van der Waals surface area contributed by atoms with E-state index in [-0.39, 0.29) is 5.91 Å². The molecule has 20 heavy (non-hydrogen) atoms. The first-order valence-corrected chi connectivity index (χ1v) is 9.11. The number of amides is 1. The molecule has 1 amide bonds. The van der Waals surface area contributed by atoms with Gasteiger partial charge in [-0.1, -0.05) is 0 Å². The Morgan fingerprint density at radius 1 is 1.15 bits per heavy atom. The summed E-state index contributed by atoms with van der Waals surface area (Å²) in [5.41, 5.74) is 5.87. The molecule has 5 heteroatoms. The zero-order valence-electron chi connectivity index (χ0n) is 12.3. The molecule has 0 unspecified atom stereocenters. The second kappa shape index (κ2) is 8.90. The highest BCUT2D eigenvalue weighted by Gasteiger charge is 2.19. The number of hydrogen-bond acceptors (Lipinski definition) is 4. The molecule has 3 N–H and O–H groups in total. The minimum atomic E-state index is 0.191. The summed E-state index contributed by atoms with van der Waals surface area (Å²) < 4.78 is 5.80. The largest absolute Gasteiger partial charge is 0.376 e. The first kappa shape index (κ1) is 16.1. The molecule has 1 saturated heterocycles. The summed E-state index contributed by atoms with van der Waals surface area (Å²) in [6.07, 6.45) is 7.69. The molecule has 1 aliphatic heterocycles. The van der Waals surface area contributed by atoms with Gasteiger partial charge in [-0.05, 0) is 55.9 Å². The molecule has 1 saturated carbocycles. The standard InChI is InChI=1S/C15H28N2O2S/c16-13-1-3-14(4-2-13)19-8-7-17-15(18)11-12-5-9-20-10-6-12/h12-14H,1-11,16H2,(H,17,18). The highest BCUT2D eigenvalue weighted by Crippen LogP contribution is 2.25. The van der Waals surface area contributed by atoms with Crippen molar-refractivity contribution in [3.05, 3.63) is 0 Å². The van der Waals surface area contributed by atoms with Crippen LogP contribution in [0.2, 0.25) is 0 Å². The summed E-state index contributed by atoms with van der Waals surface area (Å²) in [5.74, 6) is 3.21. The first-order valence-electron chi connectivity index (χ1n) is 7.95. The van der Waals surface area contributed by atoms with Crippen LogP contribution < -0.4 is 11.1 Å². The molecule has 0 aromatic carbocycles. The highest BCUT2D eigenvalue weighted by atomic mass is 32.2. The van der Waals surface area contributed by atoms with Gasteiger partial charge in [-0.3, -0.25) is 4.79 Å². The van der Waals surface area contributed by atoms with Crippen LogP contribution in [0.4, 0.5) is 0 Å². The van der Waals surface area contributed by atoms with Gasteiger partial charge in [-0.2, -0.15) is 11.8 Å². The van der Waals surface area contributed by atoms with Crippen molar-refractivity contribution in [1.82, 2.24) is 5.32 Å². The summed E-state index contributed by atoms with van der Waals surface area (Å²) in [7, 11) is 0. The van der Waals surface area contributed by atoms with E-state index in [1.165, 1.54) is 24.3 Å². The summed E-state index contributed by atoms with van der Waals surface area (Å²) in [6.45, 7) is 1.27. The fourth-order valence-corrected chi connectivity index (χ4v) is 4.16. The average molecular weight is 300 g/mol. The van der Waals surface area contributed by atoms with Gasteiger partial charge in [0.05, 0.1) is 12.7 Å². The number of thioether (sulfide) groups is 1. The second-order valence-electron chi connectivity index (χ2n) is 6.02. The van der Waals surface area contributed by atoms with Crippen molar-refractivity contribution in [1.29, 1.82) is 0 Å². The number of ether oxygens (including phenoxy) is 1. The lowest BCUT2D eigenvalue weighted by Crippen LogP contribution is -2.33. The smallest absolute Gasteiger partial charge is 0.220 e.